The van der Waals surface area contributed by atoms with E-state index in [1.165, 1.54) is 11.9 Å². The predicted octanol–water partition coefficient (Wildman–Crippen LogP) is 1.61. The van der Waals surface area contributed by atoms with E-state index in [9.17, 15) is 13.2 Å². The third-order valence-corrected chi connectivity index (χ3v) is 3.53. The summed E-state index contributed by atoms with van der Waals surface area (Å²) in [4.78, 5) is 2.92. The van der Waals surface area contributed by atoms with Gasteiger partial charge in [-0.3, -0.25) is 4.90 Å². The van der Waals surface area contributed by atoms with Gasteiger partial charge in [0.15, 0.2) is 5.11 Å². The first kappa shape index (κ1) is 15.2. The van der Waals surface area contributed by atoms with Gasteiger partial charge in [0.1, 0.15) is 6.04 Å². The molecule has 1 heterocycles. The Hall–Kier alpha value is -0.820. The van der Waals surface area contributed by atoms with E-state index in [2.05, 4.69) is 11.9 Å². The summed E-state index contributed by atoms with van der Waals surface area (Å²) >= 11 is 5.09. The molecular weight excluding hydrogens is 263 g/mol. The summed E-state index contributed by atoms with van der Waals surface area (Å²) < 4.78 is 38.7. The molecule has 2 atom stereocenters. The van der Waals surface area contributed by atoms with Crippen molar-refractivity contribution >= 4 is 17.3 Å². The van der Waals surface area contributed by atoms with Crippen LogP contribution in [0, 0.1) is 0 Å². The lowest BCUT2D eigenvalue weighted by atomic mass is 10.1. The molecule has 7 heteroatoms. The number of alkyl halides is 3. The second kappa shape index (κ2) is 5.88. The number of piperazine rings is 1. The number of thiocarbonyl (C=S) groups is 1. The van der Waals surface area contributed by atoms with Crippen LogP contribution >= 0.6 is 12.2 Å². The lowest BCUT2D eigenvalue weighted by Crippen LogP contribution is -2.63. The molecule has 104 valence electrons. The van der Waals surface area contributed by atoms with E-state index in [0.717, 1.165) is 0 Å². The number of likely N-dealkylation sites (N-methyl/N-ethyl adjacent to an activating group) is 1. The van der Waals surface area contributed by atoms with Crippen LogP contribution in [0.1, 0.15) is 6.92 Å². The van der Waals surface area contributed by atoms with Crippen LogP contribution in [-0.2, 0) is 0 Å². The van der Waals surface area contributed by atoms with Gasteiger partial charge < -0.3 is 10.2 Å². The normalized spacial score (nSPS) is 25.9. The van der Waals surface area contributed by atoms with Gasteiger partial charge in [0.25, 0.3) is 0 Å². The molecule has 1 aliphatic heterocycles. The van der Waals surface area contributed by atoms with Crippen molar-refractivity contribution in [1.29, 1.82) is 0 Å². The van der Waals surface area contributed by atoms with Crippen LogP contribution in [0.3, 0.4) is 0 Å². The van der Waals surface area contributed by atoms with Crippen LogP contribution in [0.2, 0.25) is 0 Å². The molecule has 1 N–H and O–H groups in total. The number of hydrogen-bond acceptors (Lipinski definition) is 2. The first-order valence-corrected chi connectivity index (χ1v) is 6.10. The molecule has 18 heavy (non-hydrogen) atoms. The van der Waals surface area contributed by atoms with Crippen molar-refractivity contribution in [2.24, 2.45) is 0 Å². The number of rotatable bonds is 2. The van der Waals surface area contributed by atoms with E-state index in [-0.39, 0.29) is 12.6 Å². The Morgan fingerprint density at radius 3 is 2.61 bits per heavy atom. The van der Waals surface area contributed by atoms with Gasteiger partial charge in [-0.25, -0.2) is 0 Å². The minimum Gasteiger partial charge on any atom is -0.359 e. The summed E-state index contributed by atoms with van der Waals surface area (Å²) in [5, 5.41) is 3.21. The Balaban J connectivity index is 2.73. The van der Waals surface area contributed by atoms with Crippen molar-refractivity contribution in [2.75, 3.05) is 26.7 Å². The van der Waals surface area contributed by atoms with E-state index in [4.69, 9.17) is 12.2 Å². The maximum absolute atomic E-state index is 12.9. The molecule has 3 nitrogen and oxygen atoms in total. The third kappa shape index (κ3) is 3.58. The Labute approximate surface area is 111 Å². The van der Waals surface area contributed by atoms with Gasteiger partial charge in [-0.15, -0.1) is 6.58 Å². The quantitative estimate of drug-likeness (QED) is 0.612. The SMILES string of the molecule is C=CCNC(=S)N1CC(C)N(C)C(C(F)(F)F)C1. The maximum Gasteiger partial charge on any atom is 0.405 e. The molecule has 0 amide bonds. The van der Waals surface area contributed by atoms with Gasteiger partial charge in [0.2, 0.25) is 0 Å². The summed E-state index contributed by atoms with van der Waals surface area (Å²) in [6, 6.07) is -1.68. The van der Waals surface area contributed by atoms with Gasteiger partial charge in [0.05, 0.1) is 0 Å². The Morgan fingerprint density at radius 2 is 2.11 bits per heavy atom. The van der Waals surface area contributed by atoms with Gasteiger partial charge in [0, 0.05) is 25.7 Å². The average Bonchev–Trinajstić information content (AvgIpc) is 2.27. The van der Waals surface area contributed by atoms with Gasteiger partial charge in [-0.1, -0.05) is 6.08 Å². The number of hydrogen-bond donors (Lipinski definition) is 1. The fourth-order valence-corrected chi connectivity index (χ4v) is 2.17. The van der Waals surface area contributed by atoms with Crippen molar-refractivity contribution < 1.29 is 13.2 Å². The van der Waals surface area contributed by atoms with Crippen LogP contribution < -0.4 is 5.32 Å². The van der Waals surface area contributed by atoms with Crippen LogP contribution in [-0.4, -0.2) is 59.9 Å². The molecule has 1 aliphatic rings. The van der Waals surface area contributed by atoms with Crippen molar-refractivity contribution in [3.05, 3.63) is 12.7 Å². The lowest BCUT2D eigenvalue weighted by molar-refractivity contribution is -0.195. The van der Waals surface area contributed by atoms with Gasteiger partial charge in [-0.05, 0) is 26.2 Å². The van der Waals surface area contributed by atoms with E-state index in [1.807, 2.05) is 0 Å². The monoisotopic (exact) mass is 281 g/mol. The van der Waals surface area contributed by atoms with Crippen LogP contribution in [0.5, 0.6) is 0 Å². The smallest absolute Gasteiger partial charge is 0.359 e. The molecule has 1 fully saturated rings. The summed E-state index contributed by atoms with van der Waals surface area (Å²) in [6.07, 6.45) is -2.62. The maximum atomic E-state index is 12.9. The molecule has 0 spiro atoms. The van der Waals surface area contributed by atoms with E-state index >= 15 is 0 Å². The highest BCUT2D eigenvalue weighted by molar-refractivity contribution is 7.80. The standard InChI is InChI=1S/C11H18F3N3S/c1-4-5-15-10(18)17-6-8(2)16(3)9(7-17)11(12,13)14/h4,8-9H,1,5-7H2,2-3H3,(H,15,18). The minimum atomic E-state index is -4.24. The highest BCUT2D eigenvalue weighted by Gasteiger charge is 2.47. The Kier molecular flexibility index (Phi) is 4.98. The highest BCUT2D eigenvalue weighted by atomic mass is 32.1. The van der Waals surface area contributed by atoms with Crippen molar-refractivity contribution in [2.45, 2.75) is 25.2 Å². The average molecular weight is 281 g/mol. The van der Waals surface area contributed by atoms with Crippen molar-refractivity contribution in [1.82, 2.24) is 15.1 Å². The summed E-state index contributed by atoms with van der Waals surface area (Å²) in [6.45, 7) is 6.11. The van der Waals surface area contributed by atoms with E-state index < -0.39 is 12.2 Å². The lowest BCUT2D eigenvalue weighted by Gasteiger charge is -2.45. The summed E-state index contributed by atoms with van der Waals surface area (Å²) in [7, 11) is 1.50. The third-order valence-electron chi connectivity index (χ3n) is 3.13. The Morgan fingerprint density at radius 1 is 1.50 bits per heavy atom. The zero-order chi connectivity index (χ0) is 13.9. The van der Waals surface area contributed by atoms with E-state index in [1.54, 1.807) is 17.9 Å². The van der Waals surface area contributed by atoms with Crippen LogP contribution in [0.25, 0.3) is 0 Å². The summed E-state index contributed by atoms with van der Waals surface area (Å²) in [5.41, 5.74) is 0. The molecule has 0 aromatic heterocycles. The Bertz CT molecular complexity index is 319. The van der Waals surface area contributed by atoms with E-state index in [0.29, 0.717) is 18.2 Å². The molecule has 0 saturated carbocycles. The second-order valence-corrected chi connectivity index (χ2v) is 4.84. The zero-order valence-electron chi connectivity index (χ0n) is 10.5. The van der Waals surface area contributed by atoms with Crippen molar-refractivity contribution in [3.8, 4) is 0 Å². The zero-order valence-corrected chi connectivity index (χ0v) is 11.3. The molecular formula is C11H18F3N3S. The molecule has 1 saturated heterocycles. The number of nitrogens with zero attached hydrogens (tertiary/aromatic N) is 2. The number of nitrogens with one attached hydrogen (secondary N) is 1. The largest absolute Gasteiger partial charge is 0.405 e. The molecule has 0 bridgehead atoms. The molecule has 2 unspecified atom stereocenters. The molecule has 0 aromatic rings. The van der Waals surface area contributed by atoms with Crippen LogP contribution in [0.15, 0.2) is 12.7 Å². The molecule has 1 rings (SSSR count). The molecule has 0 radical (unpaired) electrons. The summed E-state index contributed by atoms with van der Waals surface area (Å²) in [5.74, 6) is 0. The number of halogens is 3. The second-order valence-electron chi connectivity index (χ2n) is 4.45. The fraction of sp³-hybridized carbons (Fsp3) is 0.727. The minimum absolute atomic E-state index is 0.132. The van der Waals surface area contributed by atoms with Crippen LogP contribution in [0.4, 0.5) is 13.2 Å². The molecule has 0 aromatic carbocycles. The predicted molar refractivity (Wildman–Crippen MR) is 69.4 cm³/mol. The highest BCUT2D eigenvalue weighted by Crippen LogP contribution is 2.29. The first-order chi connectivity index (χ1) is 8.27. The topological polar surface area (TPSA) is 18.5 Å². The van der Waals surface area contributed by atoms with Crippen molar-refractivity contribution in [3.63, 3.8) is 0 Å². The van der Waals surface area contributed by atoms with Gasteiger partial charge in [-0.2, -0.15) is 13.2 Å². The molecule has 0 aliphatic carbocycles. The first-order valence-electron chi connectivity index (χ1n) is 5.69. The van der Waals surface area contributed by atoms with Gasteiger partial charge >= 0.3 is 6.18 Å². The fourth-order valence-electron chi connectivity index (χ4n) is 1.94.